The number of halogens is 1. The first kappa shape index (κ1) is 15.7. The zero-order valence-electron chi connectivity index (χ0n) is 12.4. The molecule has 0 aliphatic heterocycles. The number of nitrogen functional groups attached to an aromatic ring is 1. The van der Waals surface area contributed by atoms with Gasteiger partial charge in [0.2, 0.25) is 0 Å². The Morgan fingerprint density at radius 1 is 1.19 bits per heavy atom. The SMILES string of the molecule is CCOCc1nc(N)cc(Nc2cc(C)c(Br)c(C)c2)n1. The molecule has 0 bridgehead atoms. The van der Waals surface area contributed by atoms with Crippen LogP contribution in [-0.2, 0) is 11.3 Å². The number of hydrogen-bond acceptors (Lipinski definition) is 5. The van der Waals surface area contributed by atoms with Gasteiger partial charge in [-0.25, -0.2) is 9.97 Å². The van der Waals surface area contributed by atoms with Gasteiger partial charge in [0, 0.05) is 22.8 Å². The third-order valence-electron chi connectivity index (χ3n) is 2.94. The van der Waals surface area contributed by atoms with Crippen LogP contribution in [-0.4, -0.2) is 16.6 Å². The van der Waals surface area contributed by atoms with Crippen LogP contribution in [0.1, 0.15) is 23.9 Å². The first-order chi connectivity index (χ1) is 9.99. The number of nitrogens with one attached hydrogen (secondary N) is 1. The molecule has 0 aliphatic carbocycles. The maximum atomic E-state index is 5.81. The zero-order valence-corrected chi connectivity index (χ0v) is 14.0. The Morgan fingerprint density at radius 3 is 2.48 bits per heavy atom. The van der Waals surface area contributed by atoms with E-state index in [1.807, 2.05) is 6.92 Å². The van der Waals surface area contributed by atoms with Gasteiger partial charge in [0.1, 0.15) is 18.2 Å². The summed E-state index contributed by atoms with van der Waals surface area (Å²) in [4.78, 5) is 8.57. The van der Waals surface area contributed by atoms with Crippen LogP contribution >= 0.6 is 15.9 Å². The molecule has 0 spiro atoms. The molecule has 0 saturated heterocycles. The van der Waals surface area contributed by atoms with Crippen molar-refractivity contribution in [2.75, 3.05) is 17.7 Å². The fraction of sp³-hybridized carbons (Fsp3) is 0.333. The highest BCUT2D eigenvalue weighted by atomic mass is 79.9. The van der Waals surface area contributed by atoms with Crippen molar-refractivity contribution in [3.05, 3.63) is 39.6 Å². The Kier molecular flexibility index (Phi) is 5.14. The van der Waals surface area contributed by atoms with Gasteiger partial charge in [-0.1, -0.05) is 15.9 Å². The van der Waals surface area contributed by atoms with Crippen LogP contribution in [0.2, 0.25) is 0 Å². The fourth-order valence-electron chi connectivity index (χ4n) is 2.01. The number of aryl methyl sites for hydroxylation is 2. The van der Waals surface area contributed by atoms with Gasteiger partial charge in [0.25, 0.3) is 0 Å². The minimum absolute atomic E-state index is 0.356. The number of anilines is 3. The van der Waals surface area contributed by atoms with Crippen molar-refractivity contribution in [3.63, 3.8) is 0 Å². The van der Waals surface area contributed by atoms with E-state index in [1.54, 1.807) is 6.07 Å². The molecule has 0 atom stereocenters. The average Bonchev–Trinajstić information content (AvgIpc) is 2.42. The fourth-order valence-corrected chi connectivity index (χ4v) is 2.23. The van der Waals surface area contributed by atoms with E-state index >= 15 is 0 Å². The van der Waals surface area contributed by atoms with Crippen molar-refractivity contribution in [3.8, 4) is 0 Å². The number of nitrogens with zero attached hydrogens (tertiary/aromatic N) is 2. The van der Waals surface area contributed by atoms with E-state index in [0.29, 0.717) is 30.7 Å². The van der Waals surface area contributed by atoms with E-state index in [9.17, 15) is 0 Å². The molecule has 0 radical (unpaired) electrons. The van der Waals surface area contributed by atoms with E-state index < -0.39 is 0 Å². The normalized spacial score (nSPS) is 10.7. The molecule has 1 heterocycles. The van der Waals surface area contributed by atoms with Crippen molar-refractivity contribution in [1.82, 2.24) is 9.97 Å². The summed E-state index contributed by atoms with van der Waals surface area (Å²) in [6, 6.07) is 5.82. The molecule has 0 amide bonds. The van der Waals surface area contributed by atoms with Gasteiger partial charge >= 0.3 is 0 Å². The summed E-state index contributed by atoms with van der Waals surface area (Å²) < 4.78 is 6.44. The van der Waals surface area contributed by atoms with Gasteiger partial charge in [-0.15, -0.1) is 0 Å². The molecule has 21 heavy (non-hydrogen) atoms. The highest BCUT2D eigenvalue weighted by Gasteiger charge is 2.06. The summed E-state index contributed by atoms with van der Waals surface area (Å²) >= 11 is 3.56. The second-order valence-corrected chi connectivity index (χ2v) is 5.57. The molecule has 6 heteroatoms. The molecule has 112 valence electrons. The second-order valence-electron chi connectivity index (χ2n) is 4.78. The Morgan fingerprint density at radius 2 is 1.86 bits per heavy atom. The Bertz CT molecular complexity index is 623. The van der Waals surface area contributed by atoms with Gasteiger partial charge in [-0.05, 0) is 44.0 Å². The number of hydrogen-bond donors (Lipinski definition) is 2. The molecule has 1 aromatic carbocycles. The quantitative estimate of drug-likeness (QED) is 0.859. The average molecular weight is 351 g/mol. The summed E-state index contributed by atoms with van der Waals surface area (Å²) in [5, 5.41) is 3.26. The standard InChI is InChI=1S/C15H19BrN4O/c1-4-21-8-14-19-12(17)7-13(20-14)18-11-5-9(2)15(16)10(3)6-11/h5-7H,4,8H2,1-3H3,(H3,17,18,19,20). The van der Waals surface area contributed by atoms with Gasteiger partial charge in [0.15, 0.2) is 5.82 Å². The highest BCUT2D eigenvalue weighted by Crippen LogP contribution is 2.26. The first-order valence-corrected chi connectivity index (χ1v) is 7.54. The lowest BCUT2D eigenvalue weighted by atomic mass is 10.1. The maximum absolute atomic E-state index is 5.81. The van der Waals surface area contributed by atoms with E-state index in [2.05, 4.69) is 57.2 Å². The molecule has 5 nitrogen and oxygen atoms in total. The number of benzene rings is 1. The predicted molar refractivity (Wildman–Crippen MR) is 88.7 cm³/mol. The number of aromatic nitrogens is 2. The van der Waals surface area contributed by atoms with Crippen molar-refractivity contribution < 1.29 is 4.74 Å². The number of nitrogens with two attached hydrogens (primary N) is 1. The first-order valence-electron chi connectivity index (χ1n) is 6.74. The summed E-state index contributed by atoms with van der Waals surface area (Å²) in [6.45, 7) is 7.01. The number of rotatable bonds is 5. The van der Waals surface area contributed by atoms with Crippen molar-refractivity contribution in [2.24, 2.45) is 0 Å². The van der Waals surface area contributed by atoms with Gasteiger partial charge in [-0.2, -0.15) is 0 Å². The van der Waals surface area contributed by atoms with Crippen LogP contribution in [0, 0.1) is 13.8 Å². The molecule has 0 saturated carbocycles. The third kappa shape index (κ3) is 4.15. The third-order valence-corrected chi connectivity index (χ3v) is 4.19. The van der Waals surface area contributed by atoms with E-state index in [0.717, 1.165) is 21.3 Å². The van der Waals surface area contributed by atoms with E-state index in [4.69, 9.17) is 10.5 Å². The Hall–Kier alpha value is -1.66. The number of ether oxygens (including phenoxy) is 1. The van der Waals surface area contributed by atoms with Crippen LogP contribution in [0.3, 0.4) is 0 Å². The molecule has 0 unspecified atom stereocenters. The van der Waals surface area contributed by atoms with Crippen molar-refractivity contribution >= 4 is 33.3 Å². The van der Waals surface area contributed by atoms with Crippen LogP contribution in [0.15, 0.2) is 22.7 Å². The summed E-state index contributed by atoms with van der Waals surface area (Å²) in [7, 11) is 0. The molecule has 3 N–H and O–H groups in total. The van der Waals surface area contributed by atoms with Crippen LogP contribution < -0.4 is 11.1 Å². The van der Waals surface area contributed by atoms with Crippen molar-refractivity contribution in [1.29, 1.82) is 0 Å². The molecule has 0 fully saturated rings. The second kappa shape index (κ2) is 6.87. The summed E-state index contributed by atoms with van der Waals surface area (Å²) in [5.74, 6) is 1.66. The van der Waals surface area contributed by atoms with Crippen molar-refractivity contribution in [2.45, 2.75) is 27.4 Å². The monoisotopic (exact) mass is 350 g/mol. The zero-order chi connectivity index (χ0) is 15.4. The predicted octanol–water partition coefficient (Wildman–Crippen LogP) is 3.72. The lowest BCUT2D eigenvalue weighted by molar-refractivity contribution is 0.128. The van der Waals surface area contributed by atoms with Gasteiger partial charge < -0.3 is 15.8 Å². The molecule has 2 aromatic rings. The molecule has 1 aromatic heterocycles. The Labute approximate surface area is 133 Å². The lowest BCUT2D eigenvalue weighted by Gasteiger charge is -2.11. The van der Waals surface area contributed by atoms with Crippen LogP contribution in [0.4, 0.5) is 17.3 Å². The van der Waals surface area contributed by atoms with E-state index in [1.165, 1.54) is 0 Å². The molecule has 2 rings (SSSR count). The summed E-state index contributed by atoms with van der Waals surface area (Å²) in [6.07, 6.45) is 0. The van der Waals surface area contributed by atoms with Crippen LogP contribution in [0.25, 0.3) is 0 Å². The molecular formula is C15H19BrN4O. The minimum atomic E-state index is 0.356. The molecular weight excluding hydrogens is 332 g/mol. The lowest BCUT2D eigenvalue weighted by Crippen LogP contribution is -2.05. The smallest absolute Gasteiger partial charge is 0.158 e. The Balaban J connectivity index is 2.24. The van der Waals surface area contributed by atoms with Gasteiger partial charge in [0.05, 0.1) is 0 Å². The topological polar surface area (TPSA) is 73.1 Å². The minimum Gasteiger partial charge on any atom is -0.384 e. The highest BCUT2D eigenvalue weighted by molar-refractivity contribution is 9.10. The maximum Gasteiger partial charge on any atom is 0.158 e. The molecule has 0 aliphatic rings. The van der Waals surface area contributed by atoms with Gasteiger partial charge in [-0.3, -0.25) is 0 Å². The van der Waals surface area contributed by atoms with E-state index in [-0.39, 0.29) is 0 Å². The largest absolute Gasteiger partial charge is 0.384 e. The summed E-state index contributed by atoms with van der Waals surface area (Å²) in [5.41, 5.74) is 9.10. The van der Waals surface area contributed by atoms with Crippen LogP contribution in [0.5, 0.6) is 0 Å².